The van der Waals surface area contributed by atoms with Crippen molar-refractivity contribution in [2.24, 2.45) is 0 Å². The molecule has 26 heavy (non-hydrogen) atoms. The first kappa shape index (κ1) is 16.6. The van der Waals surface area contributed by atoms with Crippen molar-refractivity contribution >= 4 is 28.4 Å². The summed E-state index contributed by atoms with van der Waals surface area (Å²) in [5, 5.41) is 14.8. The lowest BCUT2D eigenvalue weighted by Gasteiger charge is -2.14. The van der Waals surface area contributed by atoms with Crippen LogP contribution in [0.4, 0.5) is 5.69 Å². The Morgan fingerprint density at radius 3 is 2.88 bits per heavy atom. The Bertz CT molecular complexity index is 1010. The van der Waals surface area contributed by atoms with Crippen LogP contribution in [0.1, 0.15) is 11.1 Å². The van der Waals surface area contributed by atoms with Crippen LogP contribution in [0.2, 0.25) is 0 Å². The van der Waals surface area contributed by atoms with Crippen LogP contribution >= 0.6 is 11.8 Å². The number of hydrogen-bond donors (Lipinski definition) is 1. The Morgan fingerprint density at radius 1 is 1.19 bits per heavy atom. The quantitative estimate of drug-likeness (QED) is 0.685. The molecule has 5 nitrogen and oxygen atoms in total. The minimum absolute atomic E-state index is 0.281. The fourth-order valence-corrected chi connectivity index (χ4v) is 3.59. The number of pyridine rings is 1. The summed E-state index contributed by atoms with van der Waals surface area (Å²) in [5.74, 6) is 1.58. The van der Waals surface area contributed by atoms with E-state index in [0.717, 1.165) is 45.1 Å². The molecule has 0 bridgehead atoms. The summed E-state index contributed by atoms with van der Waals surface area (Å²) in [6, 6.07) is 16.2. The van der Waals surface area contributed by atoms with Crippen LogP contribution in [0.3, 0.4) is 0 Å². The third kappa shape index (κ3) is 3.02. The van der Waals surface area contributed by atoms with Gasteiger partial charge in [0, 0.05) is 11.9 Å². The van der Waals surface area contributed by atoms with E-state index in [1.165, 1.54) is 11.8 Å². The molecule has 1 aromatic heterocycles. The minimum atomic E-state index is 0.281. The van der Waals surface area contributed by atoms with Gasteiger partial charge in [-0.05, 0) is 36.4 Å². The number of anilines is 1. The standard InChI is InChI=1S/C20H17N3O2S/c1-26-20-15(11-21)19(14-4-2-3-5-16(14)23-20)22-9-8-13-6-7-17-18(10-13)25-12-24-17/h2-7,10H,8-9,12H2,1H3,(H,22,23). The Labute approximate surface area is 156 Å². The molecular formula is C20H17N3O2S. The second kappa shape index (κ2) is 7.14. The molecule has 6 heteroatoms. The molecule has 0 amide bonds. The van der Waals surface area contributed by atoms with E-state index in [2.05, 4.69) is 16.4 Å². The molecule has 2 heterocycles. The third-order valence-electron chi connectivity index (χ3n) is 4.32. The normalized spacial score (nSPS) is 12.2. The summed E-state index contributed by atoms with van der Waals surface area (Å²) in [6.07, 6.45) is 2.75. The van der Waals surface area contributed by atoms with E-state index in [9.17, 15) is 5.26 Å². The number of ether oxygens (including phenoxy) is 2. The molecule has 0 radical (unpaired) electrons. The van der Waals surface area contributed by atoms with Crippen LogP contribution in [0.15, 0.2) is 47.5 Å². The largest absolute Gasteiger partial charge is 0.454 e. The average Bonchev–Trinajstić information content (AvgIpc) is 3.15. The fraction of sp³-hybridized carbons (Fsp3) is 0.200. The smallest absolute Gasteiger partial charge is 0.231 e. The van der Waals surface area contributed by atoms with Gasteiger partial charge in [0.05, 0.1) is 11.2 Å². The van der Waals surface area contributed by atoms with Crippen molar-refractivity contribution in [3.05, 3.63) is 53.6 Å². The van der Waals surface area contributed by atoms with E-state index in [-0.39, 0.29) is 6.79 Å². The van der Waals surface area contributed by atoms with Gasteiger partial charge in [-0.1, -0.05) is 24.3 Å². The van der Waals surface area contributed by atoms with Gasteiger partial charge in [0.25, 0.3) is 0 Å². The molecular weight excluding hydrogens is 346 g/mol. The number of hydrogen-bond acceptors (Lipinski definition) is 6. The highest BCUT2D eigenvalue weighted by Crippen LogP contribution is 2.34. The molecule has 0 saturated heterocycles. The molecule has 0 fully saturated rings. The van der Waals surface area contributed by atoms with Gasteiger partial charge in [0.1, 0.15) is 16.7 Å². The summed E-state index contributed by atoms with van der Waals surface area (Å²) in [7, 11) is 0. The van der Waals surface area contributed by atoms with Gasteiger partial charge in [-0.15, -0.1) is 11.8 Å². The van der Waals surface area contributed by atoms with Gasteiger partial charge < -0.3 is 14.8 Å². The maximum atomic E-state index is 9.64. The van der Waals surface area contributed by atoms with E-state index in [1.54, 1.807) is 0 Å². The lowest BCUT2D eigenvalue weighted by Crippen LogP contribution is -2.08. The highest BCUT2D eigenvalue weighted by molar-refractivity contribution is 7.98. The van der Waals surface area contributed by atoms with E-state index in [1.807, 2.05) is 48.7 Å². The van der Waals surface area contributed by atoms with E-state index >= 15 is 0 Å². The first-order chi connectivity index (χ1) is 12.8. The summed E-state index contributed by atoms with van der Waals surface area (Å²) in [5.41, 5.74) is 3.50. The van der Waals surface area contributed by atoms with Gasteiger partial charge in [-0.25, -0.2) is 4.98 Å². The predicted molar refractivity (Wildman–Crippen MR) is 103 cm³/mol. The summed E-state index contributed by atoms with van der Waals surface area (Å²) < 4.78 is 10.8. The lowest BCUT2D eigenvalue weighted by molar-refractivity contribution is 0.174. The van der Waals surface area contributed by atoms with Crippen molar-refractivity contribution in [3.63, 3.8) is 0 Å². The molecule has 0 saturated carbocycles. The number of nitriles is 1. The topological polar surface area (TPSA) is 67.2 Å². The van der Waals surface area contributed by atoms with Gasteiger partial charge in [0.15, 0.2) is 11.5 Å². The van der Waals surface area contributed by atoms with Crippen molar-refractivity contribution in [1.29, 1.82) is 5.26 Å². The van der Waals surface area contributed by atoms with Crippen LogP contribution in [0.5, 0.6) is 11.5 Å². The molecule has 4 rings (SSSR count). The number of nitrogens with zero attached hydrogens (tertiary/aromatic N) is 2. The molecule has 2 aromatic carbocycles. The maximum absolute atomic E-state index is 9.64. The molecule has 130 valence electrons. The fourth-order valence-electron chi connectivity index (χ4n) is 3.05. The number of nitrogens with one attached hydrogen (secondary N) is 1. The number of rotatable bonds is 5. The van der Waals surface area contributed by atoms with Crippen LogP contribution in [-0.4, -0.2) is 24.6 Å². The molecule has 0 aliphatic carbocycles. The van der Waals surface area contributed by atoms with E-state index in [0.29, 0.717) is 12.1 Å². The van der Waals surface area contributed by atoms with Gasteiger partial charge >= 0.3 is 0 Å². The van der Waals surface area contributed by atoms with Crippen LogP contribution in [-0.2, 0) is 6.42 Å². The highest BCUT2D eigenvalue weighted by Gasteiger charge is 2.15. The van der Waals surface area contributed by atoms with Crippen molar-refractivity contribution in [2.45, 2.75) is 11.4 Å². The minimum Gasteiger partial charge on any atom is -0.454 e. The van der Waals surface area contributed by atoms with Gasteiger partial charge in [-0.2, -0.15) is 5.26 Å². The first-order valence-electron chi connectivity index (χ1n) is 8.29. The molecule has 0 atom stereocenters. The number of fused-ring (bicyclic) bond motifs is 2. The molecule has 1 N–H and O–H groups in total. The number of para-hydroxylation sites is 1. The summed E-state index contributed by atoms with van der Waals surface area (Å²) in [6.45, 7) is 0.985. The predicted octanol–water partition coefficient (Wildman–Crippen LogP) is 4.21. The second-order valence-corrected chi connectivity index (χ2v) is 6.66. The summed E-state index contributed by atoms with van der Waals surface area (Å²) >= 11 is 1.49. The van der Waals surface area contributed by atoms with Crippen molar-refractivity contribution in [2.75, 3.05) is 24.9 Å². The zero-order valence-electron chi connectivity index (χ0n) is 14.3. The Morgan fingerprint density at radius 2 is 2.04 bits per heavy atom. The number of thioether (sulfide) groups is 1. The van der Waals surface area contributed by atoms with Crippen molar-refractivity contribution in [1.82, 2.24) is 4.98 Å². The zero-order chi connectivity index (χ0) is 17.9. The molecule has 0 spiro atoms. The van der Waals surface area contributed by atoms with Crippen molar-refractivity contribution in [3.8, 4) is 17.6 Å². The summed E-state index contributed by atoms with van der Waals surface area (Å²) in [4.78, 5) is 4.60. The Hall–Kier alpha value is -2.91. The monoisotopic (exact) mass is 363 g/mol. The number of aromatic nitrogens is 1. The second-order valence-electron chi connectivity index (χ2n) is 5.86. The lowest BCUT2D eigenvalue weighted by atomic mass is 10.1. The molecule has 0 unspecified atom stereocenters. The maximum Gasteiger partial charge on any atom is 0.231 e. The van der Waals surface area contributed by atoms with E-state index < -0.39 is 0 Å². The molecule has 1 aliphatic rings. The SMILES string of the molecule is CSc1nc2ccccc2c(NCCc2ccc3c(c2)OCO3)c1C#N. The van der Waals surface area contributed by atoms with E-state index in [4.69, 9.17) is 9.47 Å². The highest BCUT2D eigenvalue weighted by atomic mass is 32.2. The van der Waals surface area contributed by atoms with Gasteiger partial charge in [-0.3, -0.25) is 0 Å². The Balaban J connectivity index is 1.59. The van der Waals surface area contributed by atoms with Crippen LogP contribution in [0, 0.1) is 11.3 Å². The molecule has 3 aromatic rings. The Kier molecular flexibility index (Phi) is 4.55. The van der Waals surface area contributed by atoms with Crippen LogP contribution < -0.4 is 14.8 Å². The number of benzene rings is 2. The van der Waals surface area contributed by atoms with Gasteiger partial charge in [0.2, 0.25) is 6.79 Å². The average molecular weight is 363 g/mol. The zero-order valence-corrected chi connectivity index (χ0v) is 15.1. The van der Waals surface area contributed by atoms with Crippen LogP contribution in [0.25, 0.3) is 10.9 Å². The molecule has 1 aliphatic heterocycles. The van der Waals surface area contributed by atoms with Crippen molar-refractivity contribution < 1.29 is 9.47 Å². The third-order valence-corrected chi connectivity index (χ3v) is 5.00. The first-order valence-corrected chi connectivity index (χ1v) is 9.52.